The SMILES string of the molecule is O=S(=O)(NC1CCN(c2ncc3cnc4[nH]ccc4n23)C1)C1CC1. The fourth-order valence-electron chi connectivity index (χ4n) is 3.43. The molecule has 0 aromatic carbocycles. The van der Waals surface area contributed by atoms with Crippen LogP contribution >= 0.6 is 0 Å². The van der Waals surface area contributed by atoms with Gasteiger partial charge in [-0.25, -0.2) is 23.1 Å². The summed E-state index contributed by atoms with van der Waals surface area (Å²) in [6.07, 6.45) is 7.82. The van der Waals surface area contributed by atoms with E-state index in [-0.39, 0.29) is 11.3 Å². The number of imidazole rings is 1. The Morgan fingerprint density at radius 1 is 1.21 bits per heavy atom. The van der Waals surface area contributed by atoms with Gasteiger partial charge in [-0.15, -0.1) is 0 Å². The van der Waals surface area contributed by atoms with Crippen LogP contribution in [0.15, 0.2) is 24.7 Å². The largest absolute Gasteiger partial charge is 0.345 e. The third-order valence-electron chi connectivity index (χ3n) is 4.81. The van der Waals surface area contributed by atoms with Crippen molar-refractivity contribution in [2.24, 2.45) is 0 Å². The van der Waals surface area contributed by atoms with Crippen molar-refractivity contribution in [3.05, 3.63) is 24.7 Å². The molecule has 2 fully saturated rings. The number of rotatable bonds is 4. The first-order chi connectivity index (χ1) is 11.6. The number of nitrogens with one attached hydrogen (secondary N) is 2. The Hall–Kier alpha value is -2.13. The van der Waals surface area contributed by atoms with Crippen molar-refractivity contribution in [1.82, 2.24) is 24.1 Å². The molecule has 24 heavy (non-hydrogen) atoms. The Morgan fingerprint density at radius 3 is 2.88 bits per heavy atom. The minimum absolute atomic E-state index is 0.0495. The second-order valence-electron chi connectivity index (χ2n) is 6.58. The molecule has 5 rings (SSSR count). The summed E-state index contributed by atoms with van der Waals surface area (Å²) in [5, 5.41) is -0.177. The Balaban J connectivity index is 1.45. The van der Waals surface area contributed by atoms with Gasteiger partial charge in [-0.1, -0.05) is 0 Å². The van der Waals surface area contributed by atoms with Crippen molar-refractivity contribution in [2.45, 2.75) is 30.6 Å². The van der Waals surface area contributed by atoms with E-state index in [0.717, 1.165) is 48.4 Å². The lowest BCUT2D eigenvalue weighted by Gasteiger charge is -2.17. The molecule has 126 valence electrons. The summed E-state index contributed by atoms with van der Waals surface area (Å²) >= 11 is 0. The van der Waals surface area contributed by atoms with Crippen molar-refractivity contribution >= 4 is 32.7 Å². The van der Waals surface area contributed by atoms with Crippen LogP contribution in [-0.2, 0) is 10.0 Å². The van der Waals surface area contributed by atoms with Crippen molar-refractivity contribution in [2.75, 3.05) is 18.0 Å². The van der Waals surface area contributed by atoms with Crippen molar-refractivity contribution < 1.29 is 8.42 Å². The highest BCUT2D eigenvalue weighted by Gasteiger charge is 2.38. The minimum Gasteiger partial charge on any atom is -0.345 e. The van der Waals surface area contributed by atoms with Gasteiger partial charge in [0.2, 0.25) is 16.0 Å². The minimum atomic E-state index is -3.15. The highest BCUT2D eigenvalue weighted by atomic mass is 32.2. The van der Waals surface area contributed by atoms with E-state index < -0.39 is 10.0 Å². The number of hydrogen-bond donors (Lipinski definition) is 2. The van der Waals surface area contributed by atoms with Crippen molar-refractivity contribution in [1.29, 1.82) is 0 Å². The molecule has 3 aromatic heterocycles. The Bertz CT molecular complexity index is 1020. The summed E-state index contributed by atoms with van der Waals surface area (Å²) in [7, 11) is -3.15. The van der Waals surface area contributed by atoms with E-state index in [1.54, 1.807) is 12.4 Å². The predicted molar refractivity (Wildman–Crippen MR) is 90.5 cm³/mol. The summed E-state index contributed by atoms with van der Waals surface area (Å²) in [6.45, 7) is 1.42. The number of H-pyrrole nitrogens is 1. The molecule has 2 N–H and O–H groups in total. The molecule has 0 radical (unpaired) electrons. The summed E-state index contributed by atoms with van der Waals surface area (Å²) in [4.78, 5) is 14.2. The second-order valence-corrected chi connectivity index (χ2v) is 8.57. The van der Waals surface area contributed by atoms with E-state index in [4.69, 9.17) is 0 Å². The van der Waals surface area contributed by atoms with Crippen LogP contribution < -0.4 is 9.62 Å². The number of aromatic amines is 1. The van der Waals surface area contributed by atoms with Crippen LogP contribution in [-0.4, -0.2) is 52.2 Å². The topological polar surface area (TPSA) is 95.4 Å². The van der Waals surface area contributed by atoms with Gasteiger partial charge < -0.3 is 9.88 Å². The van der Waals surface area contributed by atoms with Crippen molar-refractivity contribution in [3.8, 4) is 0 Å². The third-order valence-corrected chi connectivity index (χ3v) is 6.82. The zero-order valence-corrected chi connectivity index (χ0v) is 13.8. The number of sulfonamides is 1. The Labute approximate surface area is 138 Å². The summed E-state index contributed by atoms with van der Waals surface area (Å²) < 4.78 is 29.2. The first kappa shape index (κ1) is 14.2. The predicted octanol–water partition coefficient (Wildman–Crippen LogP) is 0.871. The molecule has 2 aliphatic rings. The molecule has 8 nitrogen and oxygen atoms in total. The van der Waals surface area contributed by atoms with Crippen molar-refractivity contribution in [3.63, 3.8) is 0 Å². The molecule has 1 atom stereocenters. The van der Waals surface area contributed by atoms with Gasteiger partial charge in [0.25, 0.3) is 0 Å². The maximum atomic E-state index is 12.1. The van der Waals surface area contributed by atoms with Crippen LogP contribution in [0.5, 0.6) is 0 Å². The van der Waals surface area contributed by atoms with Gasteiger partial charge >= 0.3 is 0 Å². The van der Waals surface area contributed by atoms with E-state index in [1.807, 2.05) is 12.3 Å². The second kappa shape index (κ2) is 4.93. The summed E-state index contributed by atoms with van der Waals surface area (Å²) in [6, 6.07) is 1.93. The molecule has 1 aliphatic carbocycles. The van der Waals surface area contributed by atoms with Gasteiger partial charge in [0.05, 0.1) is 28.7 Å². The molecule has 0 bridgehead atoms. The molecule has 1 saturated heterocycles. The molecule has 9 heteroatoms. The first-order valence-electron chi connectivity index (χ1n) is 8.17. The lowest BCUT2D eigenvalue weighted by Crippen LogP contribution is -2.39. The maximum Gasteiger partial charge on any atom is 0.214 e. The van der Waals surface area contributed by atoms with Crippen LogP contribution in [0.1, 0.15) is 19.3 Å². The lowest BCUT2D eigenvalue weighted by atomic mass is 10.3. The smallest absolute Gasteiger partial charge is 0.214 e. The fraction of sp³-hybridized carbons (Fsp3) is 0.467. The van der Waals surface area contributed by atoms with Gasteiger partial charge in [-0.2, -0.15) is 0 Å². The van der Waals surface area contributed by atoms with Gasteiger partial charge in [0.15, 0.2) is 5.65 Å². The highest BCUT2D eigenvalue weighted by Crippen LogP contribution is 2.29. The number of hydrogen-bond acceptors (Lipinski definition) is 5. The van der Waals surface area contributed by atoms with E-state index >= 15 is 0 Å². The number of aromatic nitrogens is 4. The Kier molecular flexibility index (Phi) is 2.93. The molecule has 4 heterocycles. The molecular weight excluding hydrogens is 328 g/mol. The maximum absolute atomic E-state index is 12.1. The van der Waals surface area contributed by atoms with Crippen LogP contribution in [0.25, 0.3) is 16.7 Å². The van der Waals surface area contributed by atoms with E-state index in [9.17, 15) is 8.42 Å². The van der Waals surface area contributed by atoms with Crippen LogP contribution in [0.2, 0.25) is 0 Å². The third kappa shape index (κ3) is 2.19. The van der Waals surface area contributed by atoms with E-state index in [0.29, 0.717) is 6.54 Å². The van der Waals surface area contributed by atoms with Gasteiger partial charge in [-0.3, -0.25) is 4.40 Å². The normalized spacial score (nSPS) is 22.0. The number of fused-ring (bicyclic) bond motifs is 3. The molecule has 1 unspecified atom stereocenters. The first-order valence-corrected chi connectivity index (χ1v) is 9.72. The Morgan fingerprint density at radius 2 is 2.04 bits per heavy atom. The van der Waals surface area contributed by atoms with Crippen LogP contribution in [0, 0.1) is 0 Å². The lowest BCUT2D eigenvalue weighted by molar-refractivity contribution is 0.560. The molecular formula is C15H18N6O2S. The van der Waals surface area contributed by atoms with E-state index in [1.165, 1.54) is 0 Å². The zero-order chi connectivity index (χ0) is 16.3. The van der Waals surface area contributed by atoms with Crippen LogP contribution in [0.3, 0.4) is 0 Å². The molecule has 3 aromatic rings. The standard InChI is InChI=1S/C15H18N6O2S/c22-24(23,12-1-2-12)19-10-4-6-20(9-10)15-18-8-11-7-17-14-13(21(11)15)3-5-16-14/h3,5,7-8,10,12,16,19H,1-2,4,6,9H2. The van der Waals surface area contributed by atoms with E-state index in [2.05, 4.69) is 29.0 Å². The molecule has 0 amide bonds. The van der Waals surface area contributed by atoms with Gasteiger partial charge in [0.1, 0.15) is 0 Å². The average Bonchev–Trinajstić information content (AvgIpc) is 2.96. The molecule has 1 aliphatic heterocycles. The van der Waals surface area contributed by atoms with Crippen LogP contribution in [0.4, 0.5) is 5.95 Å². The summed E-state index contributed by atoms with van der Waals surface area (Å²) in [5.74, 6) is 0.838. The zero-order valence-electron chi connectivity index (χ0n) is 13.0. The average molecular weight is 346 g/mol. The quantitative estimate of drug-likeness (QED) is 0.731. The molecule has 1 saturated carbocycles. The number of anilines is 1. The molecule has 0 spiro atoms. The summed E-state index contributed by atoms with van der Waals surface area (Å²) in [5.41, 5.74) is 2.72. The number of nitrogens with zero attached hydrogens (tertiary/aromatic N) is 4. The fourth-order valence-corrected chi connectivity index (χ4v) is 5.03. The van der Waals surface area contributed by atoms with Gasteiger partial charge in [-0.05, 0) is 25.3 Å². The monoisotopic (exact) mass is 346 g/mol. The van der Waals surface area contributed by atoms with Gasteiger partial charge in [0, 0.05) is 25.3 Å². The highest BCUT2D eigenvalue weighted by molar-refractivity contribution is 7.90.